The van der Waals surface area contributed by atoms with Gasteiger partial charge in [-0.05, 0) is 45.0 Å². The van der Waals surface area contributed by atoms with E-state index >= 15 is 0 Å². The van der Waals surface area contributed by atoms with Gasteiger partial charge in [0.2, 0.25) is 0 Å². The van der Waals surface area contributed by atoms with Gasteiger partial charge in [0.25, 0.3) is 0 Å². The lowest BCUT2D eigenvalue weighted by atomic mass is 10.3. The van der Waals surface area contributed by atoms with Gasteiger partial charge in [0.1, 0.15) is 5.82 Å². The highest BCUT2D eigenvalue weighted by molar-refractivity contribution is 5.75. The summed E-state index contributed by atoms with van der Waals surface area (Å²) in [7, 11) is 0. The molecule has 2 rings (SSSR count). The van der Waals surface area contributed by atoms with Crippen LogP contribution in [0.25, 0.3) is 11.0 Å². The molecule has 0 fully saturated rings. The van der Waals surface area contributed by atoms with Crippen molar-refractivity contribution >= 4 is 11.0 Å². The van der Waals surface area contributed by atoms with Crippen molar-refractivity contribution < 1.29 is 0 Å². The van der Waals surface area contributed by atoms with Crippen LogP contribution in [0.3, 0.4) is 0 Å². The Balaban J connectivity index is 1.94. The molecule has 1 aromatic heterocycles. The number of nitrogens with one attached hydrogen (secondary N) is 1. The fourth-order valence-electron chi connectivity index (χ4n) is 2.43. The highest BCUT2D eigenvalue weighted by Crippen LogP contribution is 2.16. The zero-order valence-corrected chi connectivity index (χ0v) is 12.6. The van der Waals surface area contributed by atoms with Crippen molar-refractivity contribution in [1.29, 1.82) is 0 Å². The van der Waals surface area contributed by atoms with E-state index in [0.29, 0.717) is 0 Å². The first kappa shape index (κ1) is 14.8. The first-order valence-electron chi connectivity index (χ1n) is 7.66. The van der Waals surface area contributed by atoms with Crippen molar-refractivity contribution in [3.8, 4) is 0 Å². The van der Waals surface area contributed by atoms with Gasteiger partial charge in [-0.25, -0.2) is 4.98 Å². The highest BCUT2D eigenvalue weighted by atomic mass is 15.1. The number of nitrogens with zero attached hydrogens (tertiary/aromatic N) is 2. The molecule has 0 saturated heterocycles. The van der Waals surface area contributed by atoms with Crippen molar-refractivity contribution in [2.24, 2.45) is 0 Å². The van der Waals surface area contributed by atoms with E-state index in [0.717, 1.165) is 43.8 Å². The lowest BCUT2D eigenvalue weighted by Gasteiger charge is -2.03. The highest BCUT2D eigenvalue weighted by Gasteiger charge is 2.06. The number of imidazole rings is 1. The Hall–Kier alpha value is -1.61. The third-order valence-corrected chi connectivity index (χ3v) is 3.43. The molecule has 0 spiro atoms. The van der Waals surface area contributed by atoms with Gasteiger partial charge in [-0.3, -0.25) is 0 Å². The summed E-state index contributed by atoms with van der Waals surface area (Å²) in [5, 5.41) is 3.41. The predicted octanol–water partition coefficient (Wildman–Crippen LogP) is 3.54. The number of aryl methyl sites for hydroxylation is 1. The maximum atomic E-state index is 4.73. The summed E-state index contributed by atoms with van der Waals surface area (Å²) in [6.07, 6.45) is 7.69. The van der Waals surface area contributed by atoms with Gasteiger partial charge in [-0.1, -0.05) is 31.2 Å². The van der Waals surface area contributed by atoms with Gasteiger partial charge in [-0.2, -0.15) is 0 Å². The van der Waals surface area contributed by atoms with Crippen LogP contribution in [0.15, 0.2) is 36.4 Å². The molecule has 0 unspecified atom stereocenters. The molecular formula is C17H25N3. The number of aromatic nitrogens is 2. The number of hydrogen-bond donors (Lipinski definition) is 1. The van der Waals surface area contributed by atoms with E-state index in [2.05, 4.69) is 54.1 Å². The van der Waals surface area contributed by atoms with Gasteiger partial charge in [0.15, 0.2) is 0 Å². The maximum absolute atomic E-state index is 4.73. The lowest BCUT2D eigenvalue weighted by Crippen LogP contribution is -2.15. The van der Waals surface area contributed by atoms with Gasteiger partial charge in [0.05, 0.1) is 11.0 Å². The van der Waals surface area contributed by atoms with E-state index in [1.54, 1.807) is 0 Å². The van der Waals surface area contributed by atoms with Gasteiger partial charge < -0.3 is 9.88 Å². The SMILES string of the molecule is CCCNCCC=CCc1nc2ccccc2n1CC. The fourth-order valence-corrected chi connectivity index (χ4v) is 2.43. The molecule has 1 heterocycles. The number of para-hydroxylation sites is 2. The van der Waals surface area contributed by atoms with Crippen LogP contribution in [-0.4, -0.2) is 22.6 Å². The molecule has 3 heteroatoms. The van der Waals surface area contributed by atoms with Crippen LogP contribution < -0.4 is 5.32 Å². The Morgan fingerprint density at radius 2 is 2.00 bits per heavy atom. The summed E-state index contributed by atoms with van der Waals surface area (Å²) in [6, 6.07) is 8.36. The van der Waals surface area contributed by atoms with E-state index < -0.39 is 0 Å². The zero-order valence-electron chi connectivity index (χ0n) is 12.6. The minimum atomic E-state index is 0.913. The molecule has 0 saturated carbocycles. The summed E-state index contributed by atoms with van der Waals surface area (Å²) in [5.74, 6) is 1.16. The third kappa shape index (κ3) is 3.70. The minimum absolute atomic E-state index is 0.913. The Morgan fingerprint density at radius 1 is 1.15 bits per heavy atom. The number of hydrogen-bond acceptors (Lipinski definition) is 2. The average Bonchev–Trinajstić information content (AvgIpc) is 2.83. The average molecular weight is 271 g/mol. The van der Waals surface area contributed by atoms with E-state index in [1.807, 2.05) is 6.07 Å². The van der Waals surface area contributed by atoms with Gasteiger partial charge in [0, 0.05) is 13.0 Å². The van der Waals surface area contributed by atoms with Crippen LogP contribution in [0.1, 0.15) is 32.5 Å². The quantitative estimate of drug-likeness (QED) is 0.588. The van der Waals surface area contributed by atoms with E-state index in [4.69, 9.17) is 4.98 Å². The van der Waals surface area contributed by atoms with Crippen molar-refractivity contribution in [1.82, 2.24) is 14.9 Å². The molecule has 0 aliphatic rings. The molecule has 108 valence electrons. The fraction of sp³-hybridized carbons (Fsp3) is 0.471. The molecule has 0 bridgehead atoms. The normalized spacial score (nSPS) is 11.7. The van der Waals surface area contributed by atoms with Crippen LogP contribution in [0.5, 0.6) is 0 Å². The summed E-state index contributed by atoms with van der Waals surface area (Å²) in [6.45, 7) is 7.52. The van der Waals surface area contributed by atoms with E-state index in [9.17, 15) is 0 Å². The molecule has 0 radical (unpaired) electrons. The van der Waals surface area contributed by atoms with E-state index in [1.165, 1.54) is 11.9 Å². The molecule has 1 N–H and O–H groups in total. The Kier molecular flexibility index (Phi) is 5.81. The maximum Gasteiger partial charge on any atom is 0.113 e. The second-order valence-electron chi connectivity index (χ2n) is 4.98. The predicted molar refractivity (Wildman–Crippen MR) is 86.0 cm³/mol. The topological polar surface area (TPSA) is 29.9 Å². The second-order valence-corrected chi connectivity index (χ2v) is 4.98. The molecule has 20 heavy (non-hydrogen) atoms. The summed E-state index contributed by atoms with van der Waals surface area (Å²) in [4.78, 5) is 4.73. The molecule has 2 aromatic rings. The number of benzene rings is 1. The van der Waals surface area contributed by atoms with Gasteiger partial charge in [-0.15, -0.1) is 0 Å². The smallest absolute Gasteiger partial charge is 0.113 e. The number of allylic oxidation sites excluding steroid dienone is 1. The largest absolute Gasteiger partial charge is 0.328 e. The van der Waals surface area contributed by atoms with Crippen LogP contribution in [-0.2, 0) is 13.0 Å². The second kappa shape index (κ2) is 7.85. The molecule has 0 aliphatic heterocycles. The molecule has 1 aromatic carbocycles. The minimum Gasteiger partial charge on any atom is -0.328 e. The van der Waals surface area contributed by atoms with Crippen LogP contribution in [0, 0.1) is 0 Å². The van der Waals surface area contributed by atoms with E-state index in [-0.39, 0.29) is 0 Å². The Morgan fingerprint density at radius 3 is 2.80 bits per heavy atom. The molecule has 0 atom stereocenters. The molecule has 0 aliphatic carbocycles. The van der Waals surface area contributed by atoms with Crippen molar-refractivity contribution in [2.45, 2.75) is 39.7 Å². The van der Waals surface area contributed by atoms with Crippen molar-refractivity contribution in [3.63, 3.8) is 0 Å². The van der Waals surface area contributed by atoms with Crippen LogP contribution >= 0.6 is 0 Å². The summed E-state index contributed by atoms with van der Waals surface area (Å²) < 4.78 is 2.30. The monoisotopic (exact) mass is 271 g/mol. The van der Waals surface area contributed by atoms with Gasteiger partial charge >= 0.3 is 0 Å². The number of fused-ring (bicyclic) bond motifs is 1. The van der Waals surface area contributed by atoms with Crippen molar-refractivity contribution in [3.05, 3.63) is 42.2 Å². The standard InChI is InChI=1S/C17H25N3/c1-3-13-18-14-9-5-6-12-17-19-15-10-7-8-11-16(15)20(17)4-2/h5-8,10-11,18H,3-4,9,12-14H2,1-2H3. The first-order chi connectivity index (χ1) is 9.86. The molecular weight excluding hydrogens is 246 g/mol. The van der Waals surface area contributed by atoms with Crippen molar-refractivity contribution in [2.75, 3.05) is 13.1 Å². The molecule has 3 nitrogen and oxygen atoms in total. The molecule has 0 amide bonds. The lowest BCUT2D eigenvalue weighted by molar-refractivity contribution is 0.677. The van der Waals surface area contributed by atoms with Crippen LogP contribution in [0.2, 0.25) is 0 Å². The number of rotatable bonds is 8. The van der Waals surface area contributed by atoms with Crippen LogP contribution in [0.4, 0.5) is 0 Å². The Labute approximate surface area is 121 Å². The third-order valence-electron chi connectivity index (χ3n) is 3.43. The summed E-state index contributed by atoms with van der Waals surface area (Å²) in [5.41, 5.74) is 2.34. The summed E-state index contributed by atoms with van der Waals surface area (Å²) >= 11 is 0. The zero-order chi connectivity index (χ0) is 14.2. The first-order valence-corrected chi connectivity index (χ1v) is 7.66. The Bertz CT molecular complexity index is 554.